The van der Waals surface area contributed by atoms with Crippen LogP contribution < -0.4 is 10.2 Å². The molecule has 0 saturated carbocycles. The summed E-state index contributed by atoms with van der Waals surface area (Å²) in [6.45, 7) is 1.11. The van der Waals surface area contributed by atoms with Crippen LogP contribution in [0, 0.1) is 5.82 Å². The summed E-state index contributed by atoms with van der Waals surface area (Å²) in [5.41, 5.74) is 0.575. The van der Waals surface area contributed by atoms with Crippen LogP contribution >= 0.6 is 11.6 Å². The zero-order chi connectivity index (χ0) is 16.1. The fourth-order valence-electron chi connectivity index (χ4n) is 1.92. The molecule has 0 aliphatic rings. The summed E-state index contributed by atoms with van der Waals surface area (Å²) in [6, 6.07) is 12.4. The van der Waals surface area contributed by atoms with Crippen LogP contribution in [0.5, 0.6) is 0 Å². The zero-order valence-corrected chi connectivity index (χ0v) is 12.6. The number of para-hydroxylation sites is 1. The fraction of sp³-hybridized carbons (Fsp3) is 0.125. The topological polar surface area (TPSA) is 49.4 Å². The third kappa shape index (κ3) is 4.05. The van der Waals surface area contributed by atoms with Gasteiger partial charge in [0.2, 0.25) is 11.8 Å². The van der Waals surface area contributed by atoms with Gasteiger partial charge in [0.15, 0.2) is 0 Å². The molecular weight excluding hydrogens is 307 g/mol. The van der Waals surface area contributed by atoms with Gasteiger partial charge in [0.05, 0.1) is 5.69 Å². The van der Waals surface area contributed by atoms with Gasteiger partial charge in [-0.2, -0.15) is 0 Å². The van der Waals surface area contributed by atoms with Crippen LogP contribution in [-0.4, -0.2) is 18.4 Å². The van der Waals surface area contributed by atoms with E-state index >= 15 is 0 Å². The summed E-state index contributed by atoms with van der Waals surface area (Å²) in [5.74, 6) is -1.35. The predicted octanol–water partition coefficient (Wildman–Crippen LogP) is 3.47. The fourth-order valence-corrected chi connectivity index (χ4v) is 2.11. The molecule has 6 heteroatoms. The summed E-state index contributed by atoms with van der Waals surface area (Å²) in [7, 11) is 0. The highest BCUT2D eigenvalue weighted by Gasteiger charge is 2.17. The number of amides is 2. The van der Waals surface area contributed by atoms with Crippen molar-refractivity contribution in [3.8, 4) is 0 Å². The maximum atomic E-state index is 13.5. The van der Waals surface area contributed by atoms with Gasteiger partial charge in [0.1, 0.15) is 12.4 Å². The van der Waals surface area contributed by atoms with Crippen LogP contribution in [0.2, 0.25) is 5.02 Å². The Kier molecular flexibility index (Phi) is 5.12. The van der Waals surface area contributed by atoms with Crippen LogP contribution in [0.1, 0.15) is 6.92 Å². The van der Waals surface area contributed by atoms with Gasteiger partial charge >= 0.3 is 0 Å². The quantitative estimate of drug-likeness (QED) is 0.937. The largest absolute Gasteiger partial charge is 0.322 e. The molecule has 2 aromatic carbocycles. The van der Waals surface area contributed by atoms with Crippen LogP contribution in [-0.2, 0) is 9.59 Å². The molecule has 2 amide bonds. The van der Waals surface area contributed by atoms with E-state index < -0.39 is 11.7 Å². The highest BCUT2D eigenvalue weighted by atomic mass is 35.5. The Morgan fingerprint density at radius 2 is 1.91 bits per heavy atom. The number of benzene rings is 2. The van der Waals surface area contributed by atoms with E-state index in [1.807, 2.05) is 0 Å². The summed E-state index contributed by atoms with van der Waals surface area (Å²) in [5, 5.41) is 2.90. The number of hydrogen-bond acceptors (Lipinski definition) is 2. The van der Waals surface area contributed by atoms with Gasteiger partial charge in [-0.1, -0.05) is 29.8 Å². The smallest absolute Gasteiger partial charge is 0.244 e. The van der Waals surface area contributed by atoms with Crippen LogP contribution in [0.15, 0.2) is 48.5 Å². The van der Waals surface area contributed by atoms with Crippen molar-refractivity contribution in [1.29, 1.82) is 0 Å². The van der Waals surface area contributed by atoms with Gasteiger partial charge in [-0.15, -0.1) is 0 Å². The van der Waals surface area contributed by atoms with Gasteiger partial charge in [0.25, 0.3) is 0 Å². The number of anilines is 2. The molecule has 0 aliphatic carbocycles. The second-order valence-corrected chi connectivity index (χ2v) is 5.05. The number of carbonyl (C=O) groups excluding carboxylic acids is 2. The Morgan fingerprint density at radius 1 is 1.18 bits per heavy atom. The van der Waals surface area contributed by atoms with Gasteiger partial charge in [-0.05, 0) is 30.3 Å². The molecule has 0 aromatic heterocycles. The Labute approximate surface area is 132 Å². The Balaban J connectivity index is 2.13. The number of halogens is 2. The molecule has 2 rings (SSSR count). The average molecular weight is 321 g/mol. The van der Waals surface area contributed by atoms with Gasteiger partial charge in [-0.3, -0.25) is 9.59 Å². The predicted molar refractivity (Wildman–Crippen MR) is 84.5 cm³/mol. The summed E-state index contributed by atoms with van der Waals surface area (Å²) < 4.78 is 13.5. The van der Waals surface area contributed by atoms with E-state index in [0.29, 0.717) is 10.7 Å². The molecule has 0 bridgehead atoms. The monoisotopic (exact) mass is 320 g/mol. The molecule has 0 saturated heterocycles. The van der Waals surface area contributed by atoms with Crippen molar-refractivity contribution in [2.24, 2.45) is 0 Å². The van der Waals surface area contributed by atoms with E-state index in [2.05, 4.69) is 5.32 Å². The molecule has 0 aliphatic heterocycles. The maximum absolute atomic E-state index is 13.5. The molecule has 22 heavy (non-hydrogen) atoms. The third-order valence-electron chi connectivity index (χ3n) is 2.95. The van der Waals surface area contributed by atoms with Crippen molar-refractivity contribution in [2.45, 2.75) is 6.92 Å². The third-order valence-corrected chi connectivity index (χ3v) is 3.18. The van der Waals surface area contributed by atoms with Crippen molar-refractivity contribution in [3.05, 3.63) is 59.4 Å². The minimum Gasteiger partial charge on any atom is -0.322 e. The van der Waals surface area contributed by atoms with Crippen molar-refractivity contribution in [2.75, 3.05) is 16.8 Å². The molecule has 0 unspecified atom stereocenters. The molecule has 114 valence electrons. The SMILES string of the molecule is CC(=O)N(CC(=O)Nc1ccccc1F)c1cccc(Cl)c1. The van der Waals surface area contributed by atoms with E-state index in [9.17, 15) is 14.0 Å². The maximum Gasteiger partial charge on any atom is 0.244 e. The van der Waals surface area contributed by atoms with Gasteiger partial charge < -0.3 is 10.2 Å². The standard InChI is InChI=1S/C16H14ClFN2O2/c1-11(21)20(13-6-4-5-12(17)9-13)10-16(22)19-15-8-3-2-7-14(15)18/h2-9H,10H2,1H3,(H,19,22). The van der Waals surface area contributed by atoms with Crippen molar-refractivity contribution in [3.63, 3.8) is 0 Å². The van der Waals surface area contributed by atoms with Crippen LogP contribution in [0.25, 0.3) is 0 Å². The minimum atomic E-state index is -0.534. The van der Waals surface area contributed by atoms with E-state index in [1.165, 1.54) is 30.0 Å². The molecule has 0 spiro atoms. The first kappa shape index (κ1) is 16.0. The second-order valence-electron chi connectivity index (χ2n) is 4.61. The minimum absolute atomic E-state index is 0.0714. The molecule has 1 N–H and O–H groups in total. The van der Waals surface area contributed by atoms with Crippen LogP contribution in [0.3, 0.4) is 0 Å². The Bertz CT molecular complexity index is 706. The Hall–Kier alpha value is -2.40. The summed E-state index contributed by atoms with van der Waals surface area (Å²) in [6.07, 6.45) is 0. The highest BCUT2D eigenvalue weighted by molar-refractivity contribution is 6.31. The van der Waals surface area contributed by atoms with Crippen molar-refractivity contribution in [1.82, 2.24) is 0 Å². The number of nitrogens with one attached hydrogen (secondary N) is 1. The first-order chi connectivity index (χ1) is 10.5. The molecule has 2 aromatic rings. The molecule has 0 fully saturated rings. The van der Waals surface area contributed by atoms with E-state index in [4.69, 9.17) is 11.6 Å². The lowest BCUT2D eigenvalue weighted by Crippen LogP contribution is -2.36. The molecular formula is C16H14ClFN2O2. The van der Waals surface area contributed by atoms with Crippen molar-refractivity contribution >= 4 is 34.8 Å². The lowest BCUT2D eigenvalue weighted by atomic mass is 10.2. The molecule has 4 nitrogen and oxygen atoms in total. The number of carbonyl (C=O) groups is 2. The number of hydrogen-bond donors (Lipinski definition) is 1. The normalized spacial score (nSPS) is 10.1. The number of nitrogens with zero attached hydrogens (tertiary/aromatic N) is 1. The van der Waals surface area contributed by atoms with Crippen molar-refractivity contribution < 1.29 is 14.0 Å². The second kappa shape index (κ2) is 7.04. The molecule has 0 radical (unpaired) electrons. The lowest BCUT2D eigenvalue weighted by Gasteiger charge is -2.21. The summed E-state index contributed by atoms with van der Waals surface area (Å²) >= 11 is 5.89. The first-order valence-electron chi connectivity index (χ1n) is 6.55. The van der Waals surface area contributed by atoms with Crippen LogP contribution in [0.4, 0.5) is 15.8 Å². The first-order valence-corrected chi connectivity index (χ1v) is 6.93. The lowest BCUT2D eigenvalue weighted by molar-refractivity contribution is -0.120. The van der Waals surface area contributed by atoms with E-state index in [1.54, 1.807) is 30.3 Å². The Morgan fingerprint density at radius 3 is 2.55 bits per heavy atom. The van der Waals surface area contributed by atoms with Gasteiger partial charge in [-0.25, -0.2) is 4.39 Å². The van der Waals surface area contributed by atoms with E-state index in [-0.39, 0.29) is 18.1 Å². The summed E-state index contributed by atoms with van der Waals surface area (Å²) in [4.78, 5) is 25.0. The molecule has 0 heterocycles. The van der Waals surface area contributed by atoms with E-state index in [0.717, 1.165) is 0 Å². The van der Waals surface area contributed by atoms with Gasteiger partial charge in [0, 0.05) is 17.6 Å². The highest BCUT2D eigenvalue weighted by Crippen LogP contribution is 2.20. The number of rotatable bonds is 4. The zero-order valence-electron chi connectivity index (χ0n) is 11.8. The average Bonchev–Trinajstić information content (AvgIpc) is 2.47. The molecule has 0 atom stereocenters.